The van der Waals surface area contributed by atoms with E-state index < -0.39 is 12.1 Å². The molecular weight excluding hydrogens is 254 g/mol. The monoisotopic (exact) mass is 279 g/mol. The number of carbonyl (C=O) groups is 1. The Kier molecular flexibility index (Phi) is 6.68. The SMILES string of the molecule is Cc1ccc(C(O)C(NCCCC(=O)O)C(C)C)cc1. The molecule has 112 valence electrons. The number of carboxylic acid groups (broad SMARTS) is 1. The maximum atomic E-state index is 10.5. The molecule has 0 bridgehead atoms. The van der Waals surface area contributed by atoms with E-state index in [2.05, 4.69) is 5.32 Å². The van der Waals surface area contributed by atoms with Crippen molar-refractivity contribution in [2.75, 3.05) is 6.54 Å². The van der Waals surface area contributed by atoms with Crippen LogP contribution in [0.25, 0.3) is 0 Å². The summed E-state index contributed by atoms with van der Waals surface area (Å²) in [7, 11) is 0. The fourth-order valence-electron chi connectivity index (χ4n) is 2.19. The summed E-state index contributed by atoms with van der Waals surface area (Å²) in [5, 5.41) is 22.4. The van der Waals surface area contributed by atoms with E-state index in [1.165, 1.54) is 0 Å². The molecule has 0 radical (unpaired) electrons. The second kappa shape index (κ2) is 8.02. The number of hydrogen-bond donors (Lipinski definition) is 3. The van der Waals surface area contributed by atoms with E-state index in [-0.39, 0.29) is 18.4 Å². The van der Waals surface area contributed by atoms with Gasteiger partial charge < -0.3 is 15.5 Å². The van der Waals surface area contributed by atoms with Crippen molar-refractivity contribution in [3.8, 4) is 0 Å². The molecule has 4 heteroatoms. The Balaban J connectivity index is 2.60. The lowest BCUT2D eigenvalue weighted by Gasteiger charge is -2.28. The second-order valence-electron chi connectivity index (χ2n) is 5.58. The van der Waals surface area contributed by atoms with Crippen molar-refractivity contribution in [3.05, 3.63) is 35.4 Å². The second-order valence-corrected chi connectivity index (χ2v) is 5.58. The third-order valence-electron chi connectivity index (χ3n) is 3.42. The van der Waals surface area contributed by atoms with Crippen LogP contribution in [0.1, 0.15) is 43.9 Å². The van der Waals surface area contributed by atoms with Crippen molar-refractivity contribution in [2.45, 2.75) is 45.8 Å². The number of nitrogens with one attached hydrogen (secondary N) is 1. The highest BCUT2D eigenvalue weighted by Crippen LogP contribution is 2.22. The Morgan fingerprint density at radius 3 is 2.35 bits per heavy atom. The maximum absolute atomic E-state index is 10.5. The predicted molar refractivity (Wildman–Crippen MR) is 79.6 cm³/mol. The number of aliphatic carboxylic acids is 1. The molecular formula is C16H25NO3. The summed E-state index contributed by atoms with van der Waals surface area (Å²) in [5.41, 5.74) is 2.05. The summed E-state index contributed by atoms with van der Waals surface area (Å²) in [5.74, 6) is -0.525. The van der Waals surface area contributed by atoms with E-state index in [1.54, 1.807) is 0 Å². The fourth-order valence-corrected chi connectivity index (χ4v) is 2.19. The van der Waals surface area contributed by atoms with Gasteiger partial charge in [0.05, 0.1) is 6.10 Å². The fraction of sp³-hybridized carbons (Fsp3) is 0.562. The van der Waals surface area contributed by atoms with Gasteiger partial charge in [-0.3, -0.25) is 4.79 Å². The Morgan fingerprint density at radius 2 is 1.85 bits per heavy atom. The molecule has 0 saturated heterocycles. The minimum atomic E-state index is -0.785. The van der Waals surface area contributed by atoms with Crippen LogP contribution in [-0.2, 0) is 4.79 Å². The van der Waals surface area contributed by atoms with Gasteiger partial charge in [0.15, 0.2) is 0 Å². The topological polar surface area (TPSA) is 69.6 Å². The van der Waals surface area contributed by atoms with Crippen molar-refractivity contribution in [2.24, 2.45) is 5.92 Å². The Bertz CT molecular complexity index is 414. The first-order valence-electron chi connectivity index (χ1n) is 7.11. The highest BCUT2D eigenvalue weighted by molar-refractivity contribution is 5.66. The van der Waals surface area contributed by atoms with Crippen molar-refractivity contribution < 1.29 is 15.0 Å². The van der Waals surface area contributed by atoms with Gasteiger partial charge >= 0.3 is 5.97 Å². The maximum Gasteiger partial charge on any atom is 0.303 e. The van der Waals surface area contributed by atoms with Gasteiger partial charge in [0, 0.05) is 12.5 Å². The number of aliphatic hydroxyl groups is 1. The molecule has 0 aliphatic carbocycles. The molecule has 0 spiro atoms. The summed E-state index contributed by atoms with van der Waals surface area (Å²) < 4.78 is 0. The first-order valence-corrected chi connectivity index (χ1v) is 7.11. The van der Waals surface area contributed by atoms with Crippen LogP contribution in [0.3, 0.4) is 0 Å². The van der Waals surface area contributed by atoms with Gasteiger partial charge in [0.25, 0.3) is 0 Å². The van der Waals surface area contributed by atoms with Gasteiger partial charge in [0.2, 0.25) is 0 Å². The lowest BCUT2D eigenvalue weighted by atomic mass is 9.93. The lowest BCUT2D eigenvalue weighted by Crippen LogP contribution is -2.40. The van der Waals surface area contributed by atoms with Gasteiger partial charge in [-0.05, 0) is 31.4 Å². The van der Waals surface area contributed by atoms with Crippen LogP contribution in [0.15, 0.2) is 24.3 Å². The Labute approximate surface area is 120 Å². The summed E-state index contributed by atoms with van der Waals surface area (Å²) >= 11 is 0. The van der Waals surface area contributed by atoms with Crippen molar-refractivity contribution in [3.63, 3.8) is 0 Å². The number of aryl methyl sites for hydroxylation is 1. The molecule has 1 rings (SSSR count). The lowest BCUT2D eigenvalue weighted by molar-refractivity contribution is -0.137. The number of hydrogen-bond acceptors (Lipinski definition) is 3. The number of benzene rings is 1. The molecule has 0 saturated carbocycles. The third kappa shape index (κ3) is 5.31. The van der Waals surface area contributed by atoms with Crippen molar-refractivity contribution >= 4 is 5.97 Å². The number of aliphatic hydroxyl groups excluding tert-OH is 1. The number of carboxylic acids is 1. The Hall–Kier alpha value is -1.39. The minimum Gasteiger partial charge on any atom is -0.481 e. The van der Waals surface area contributed by atoms with Crippen molar-refractivity contribution in [1.29, 1.82) is 0 Å². The Morgan fingerprint density at radius 1 is 1.25 bits per heavy atom. The van der Waals surface area contributed by atoms with Gasteiger partial charge in [0.1, 0.15) is 0 Å². The van der Waals surface area contributed by atoms with E-state index >= 15 is 0 Å². The summed E-state index contributed by atoms with van der Waals surface area (Å²) in [6, 6.07) is 7.77. The van der Waals surface area contributed by atoms with Crippen molar-refractivity contribution in [1.82, 2.24) is 5.32 Å². The van der Waals surface area contributed by atoms with Crippen LogP contribution in [-0.4, -0.2) is 28.8 Å². The van der Waals surface area contributed by atoms with E-state index in [1.807, 2.05) is 45.0 Å². The zero-order valence-corrected chi connectivity index (χ0v) is 12.5. The zero-order chi connectivity index (χ0) is 15.1. The molecule has 0 aliphatic heterocycles. The van der Waals surface area contributed by atoms with E-state index in [0.29, 0.717) is 13.0 Å². The number of rotatable bonds is 8. The summed E-state index contributed by atoms with van der Waals surface area (Å²) in [6.45, 7) is 6.71. The third-order valence-corrected chi connectivity index (χ3v) is 3.42. The normalized spacial score (nSPS) is 14.2. The van der Waals surface area contributed by atoms with E-state index in [9.17, 15) is 9.90 Å². The standard InChI is InChI=1S/C16H25NO3/c1-11(2)15(17-10-4-5-14(18)19)16(20)13-8-6-12(3)7-9-13/h6-9,11,15-17,20H,4-5,10H2,1-3H3,(H,18,19). The molecule has 20 heavy (non-hydrogen) atoms. The minimum absolute atomic E-state index is 0.0773. The molecule has 0 fully saturated rings. The molecule has 0 heterocycles. The quantitative estimate of drug-likeness (QED) is 0.640. The molecule has 2 unspecified atom stereocenters. The predicted octanol–water partition coefficient (Wildman–Crippen LogP) is 2.51. The van der Waals surface area contributed by atoms with Crippen LogP contribution >= 0.6 is 0 Å². The summed E-state index contributed by atoms with van der Waals surface area (Å²) in [4.78, 5) is 10.5. The first kappa shape index (κ1) is 16.7. The molecule has 4 nitrogen and oxygen atoms in total. The molecule has 0 aromatic heterocycles. The van der Waals surface area contributed by atoms with Gasteiger partial charge in [-0.1, -0.05) is 43.7 Å². The van der Waals surface area contributed by atoms with Crippen LogP contribution in [0.4, 0.5) is 0 Å². The van der Waals surface area contributed by atoms with E-state index in [0.717, 1.165) is 11.1 Å². The molecule has 3 N–H and O–H groups in total. The van der Waals surface area contributed by atoms with Crippen LogP contribution < -0.4 is 5.32 Å². The smallest absolute Gasteiger partial charge is 0.303 e. The highest BCUT2D eigenvalue weighted by Gasteiger charge is 2.23. The molecule has 0 aliphatic rings. The molecule has 2 atom stereocenters. The van der Waals surface area contributed by atoms with Gasteiger partial charge in [-0.25, -0.2) is 0 Å². The first-order chi connectivity index (χ1) is 9.41. The van der Waals surface area contributed by atoms with Crippen LogP contribution in [0, 0.1) is 12.8 Å². The molecule has 1 aromatic rings. The zero-order valence-electron chi connectivity index (χ0n) is 12.5. The summed E-state index contributed by atoms with van der Waals surface area (Å²) in [6.07, 6.45) is 0.137. The average Bonchev–Trinajstić information content (AvgIpc) is 2.38. The molecule has 0 amide bonds. The van der Waals surface area contributed by atoms with Crippen LogP contribution in [0.5, 0.6) is 0 Å². The van der Waals surface area contributed by atoms with Gasteiger partial charge in [-0.2, -0.15) is 0 Å². The highest BCUT2D eigenvalue weighted by atomic mass is 16.4. The van der Waals surface area contributed by atoms with Crippen LogP contribution in [0.2, 0.25) is 0 Å². The van der Waals surface area contributed by atoms with E-state index in [4.69, 9.17) is 5.11 Å². The molecule has 1 aromatic carbocycles. The average molecular weight is 279 g/mol. The van der Waals surface area contributed by atoms with Gasteiger partial charge in [-0.15, -0.1) is 0 Å². The largest absolute Gasteiger partial charge is 0.481 e.